The largest absolute Gasteiger partial charge is 0.494 e. The molecule has 0 unspecified atom stereocenters. The number of rotatable bonds is 6. The van der Waals surface area contributed by atoms with Gasteiger partial charge in [0.15, 0.2) is 0 Å². The van der Waals surface area contributed by atoms with Crippen LogP contribution in [0, 0.1) is 11.3 Å². The van der Waals surface area contributed by atoms with Crippen LogP contribution in [0.1, 0.15) is 32.8 Å². The van der Waals surface area contributed by atoms with Crippen molar-refractivity contribution in [2.75, 3.05) is 19.0 Å². The Labute approximate surface area is 119 Å². The number of anilines is 1. The molecule has 0 bridgehead atoms. The van der Waals surface area contributed by atoms with Crippen LogP contribution in [0.3, 0.4) is 0 Å². The van der Waals surface area contributed by atoms with Crippen molar-refractivity contribution in [1.82, 2.24) is 0 Å². The first-order chi connectivity index (χ1) is 9.50. The van der Waals surface area contributed by atoms with Crippen molar-refractivity contribution in [3.63, 3.8) is 0 Å². The number of benzene rings is 1. The summed E-state index contributed by atoms with van der Waals surface area (Å²) < 4.78 is 10.6. The average Bonchev–Trinajstić information content (AvgIpc) is 2.48. The molecule has 20 heavy (non-hydrogen) atoms. The van der Waals surface area contributed by atoms with Gasteiger partial charge in [0.2, 0.25) is 0 Å². The first-order valence-corrected chi connectivity index (χ1v) is 6.54. The molecule has 0 radical (unpaired) electrons. The summed E-state index contributed by atoms with van der Waals surface area (Å²) in [7, 11) is 1.49. The van der Waals surface area contributed by atoms with Crippen LogP contribution in [-0.4, -0.2) is 25.2 Å². The Balaban J connectivity index is 2.98. The van der Waals surface area contributed by atoms with Crippen molar-refractivity contribution in [3.8, 4) is 11.8 Å². The van der Waals surface area contributed by atoms with E-state index in [0.29, 0.717) is 30.0 Å². The molecule has 0 heterocycles. The lowest BCUT2D eigenvalue weighted by molar-refractivity contribution is -0.136. The molecule has 0 fully saturated rings. The van der Waals surface area contributed by atoms with E-state index in [1.165, 1.54) is 7.11 Å². The average molecular weight is 276 g/mol. The van der Waals surface area contributed by atoms with Gasteiger partial charge in [0, 0.05) is 7.11 Å². The van der Waals surface area contributed by atoms with Crippen LogP contribution < -0.4 is 10.1 Å². The van der Waals surface area contributed by atoms with Gasteiger partial charge in [-0.15, -0.1) is 0 Å². The van der Waals surface area contributed by atoms with Crippen LogP contribution in [0.5, 0.6) is 5.75 Å². The van der Waals surface area contributed by atoms with Crippen molar-refractivity contribution >= 4 is 11.6 Å². The van der Waals surface area contributed by atoms with E-state index in [0.717, 1.165) is 0 Å². The molecule has 1 atom stereocenters. The molecular formula is C15H20N2O3. The van der Waals surface area contributed by atoms with Crippen LogP contribution in [0.15, 0.2) is 18.2 Å². The maximum Gasteiger partial charge on any atom is 0.256 e. The lowest BCUT2D eigenvalue weighted by Gasteiger charge is -2.25. The summed E-state index contributed by atoms with van der Waals surface area (Å²) in [6.07, 6.45) is 0.536. The third-order valence-corrected chi connectivity index (χ3v) is 3.28. The molecule has 0 aromatic heterocycles. The number of carbonyl (C=O) groups is 1. The van der Waals surface area contributed by atoms with E-state index in [-0.39, 0.29) is 5.91 Å². The molecule has 0 aliphatic heterocycles. The molecular weight excluding hydrogens is 256 g/mol. The minimum Gasteiger partial charge on any atom is -0.494 e. The highest BCUT2D eigenvalue weighted by Crippen LogP contribution is 2.24. The summed E-state index contributed by atoms with van der Waals surface area (Å²) in [4.78, 5) is 12.2. The van der Waals surface area contributed by atoms with E-state index in [1.807, 2.05) is 13.8 Å². The third-order valence-electron chi connectivity index (χ3n) is 3.28. The second kappa shape index (κ2) is 6.92. The van der Waals surface area contributed by atoms with Gasteiger partial charge in [0.05, 0.1) is 17.9 Å². The van der Waals surface area contributed by atoms with Crippen LogP contribution in [0.2, 0.25) is 0 Å². The zero-order chi connectivity index (χ0) is 15.2. The smallest absolute Gasteiger partial charge is 0.256 e. The van der Waals surface area contributed by atoms with E-state index >= 15 is 0 Å². The third kappa shape index (κ3) is 3.49. The molecule has 5 nitrogen and oxygen atoms in total. The molecule has 5 heteroatoms. The zero-order valence-corrected chi connectivity index (χ0v) is 12.3. The second-order valence-corrected chi connectivity index (χ2v) is 4.49. The van der Waals surface area contributed by atoms with Gasteiger partial charge < -0.3 is 14.8 Å². The Hall–Kier alpha value is -2.06. The molecule has 1 aromatic carbocycles. The topological polar surface area (TPSA) is 71.3 Å². The number of methoxy groups -OCH3 is 1. The van der Waals surface area contributed by atoms with E-state index in [1.54, 1.807) is 25.1 Å². The minimum absolute atomic E-state index is 0.275. The summed E-state index contributed by atoms with van der Waals surface area (Å²) >= 11 is 0. The van der Waals surface area contributed by atoms with Gasteiger partial charge in [0.25, 0.3) is 5.91 Å². The van der Waals surface area contributed by atoms with Gasteiger partial charge in [-0.3, -0.25) is 4.79 Å². The molecule has 1 N–H and O–H groups in total. The quantitative estimate of drug-likeness (QED) is 0.867. The summed E-state index contributed by atoms with van der Waals surface area (Å²) in [5.74, 6) is 0.329. The molecule has 1 amide bonds. The molecule has 0 aliphatic rings. The Morgan fingerprint density at radius 2 is 2.15 bits per heavy atom. The van der Waals surface area contributed by atoms with Crippen LogP contribution in [0.25, 0.3) is 0 Å². The monoisotopic (exact) mass is 276 g/mol. The lowest BCUT2D eigenvalue weighted by atomic mass is 10.0. The standard InChI is InChI=1S/C15H20N2O3/c1-5-15(3,19-4)14(18)17-13-8-7-12(20-6-2)9-11(13)10-16/h7-9H,5-6H2,1-4H3,(H,17,18)/t15-/m0/s1. The zero-order valence-electron chi connectivity index (χ0n) is 12.3. The highest BCUT2D eigenvalue weighted by molar-refractivity contribution is 5.98. The lowest BCUT2D eigenvalue weighted by Crippen LogP contribution is -2.41. The fourth-order valence-corrected chi connectivity index (χ4v) is 1.63. The maximum absolute atomic E-state index is 12.2. The van der Waals surface area contributed by atoms with Crippen LogP contribution in [-0.2, 0) is 9.53 Å². The summed E-state index contributed by atoms with van der Waals surface area (Å²) in [5.41, 5.74) is -0.0952. The minimum atomic E-state index is -0.911. The van der Waals surface area contributed by atoms with E-state index < -0.39 is 5.60 Å². The number of nitrogens with zero attached hydrogens (tertiary/aromatic N) is 1. The molecule has 108 valence electrons. The van der Waals surface area contributed by atoms with Crippen molar-refractivity contribution in [2.45, 2.75) is 32.8 Å². The van der Waals surface area contributed by atoms with Crippen LogP contribution >= 0.6 is 0 Å². The number of carbonyl (C=O) groups excluding carboxylic acids is 1. The maximum atomic E-state index is 12.2. The first kappa shape index (κ1) is 16.0. The Morgan fingerprint density at radius 3 is 2.65 bits per heavy atom. The predicted octanol–water partition coefficient (Wildman–Crippen LogP) is 2.71. The van der Waals surface area contributed by atoms with Gasteiger partial charge >= 0.3 is 0 Å². The van der Waals surface area contributed by atoms with Crippen molar-refractivity contribution in [2.24, 2.45) is 0 Å². The number of nitrogens with one attached hydrogen (secondary N) is 1. The fraction of sp³-hybridized carbons (Fsp3) is 0.467. The van der Waals surface area contributed by atoms with E-state index in [2.05, 4.69) is 11.4 Å². The highest BCUT2D eigenvalue weighted by Gasteiger charge is 2.31. The molecule has 1 rings (SSSR count). The summed E-state index contributed by atoms with van der Waals surface area (Å²) in [6, 6.07) is 7.04. The van der Waals surface area contributed by atoms with E-state index in [4.69, 9.17) is 14.7 Å². The van der Waals surface area contributed by atoms with Crippen molar-refractivity contribution in [3.05, 3.63) is 23.8 Å². The molecule has 0 saturated carbocycles. The van der Waals surface area contributed by atoms with Crippen molar-refractivity contribution in [1.29, 1.82) is 5.26 Å². The summed E-state index contributed by atoms with van der Waals surface area (Å²) in [6.45, 7) is 5.97. The van der Waals surface area contributed by atoms with Gasteiger partial charge in [-0.2, -0.15) is 5.26 Å². The van der Waals surface area contributed by atoms with Gasteiger partial charge in [-0.05, 0) is 38.5 Å². The normalized spacial score (nSPS) is 13.2. The molecule has 1 aromatic rings. The number of nitriles is 1. The van der Waals surface area contributed by atoms with E-state index in [9.17, 15) is 4.79 Å². The van der Waals surface area contributed by atoms with Crippen LogP contribution in [0.4, 0.5) is 5.69 Å². The Morgan fingerprint density at radius 1 is 1.45 bits per heavy atom. The van der Waals surface area contributed by atoms with Gasteiger partial charge in [-0.1, -0.05) is 6.92 Å². The van der Waals surface area contributed by atoms with Gasteiger partial charge in [-0.25, -0.2) is 0 Å². The number of amides is 1. The molecule has 0 aliphatic carbocycles. The SMILES string of the molecule is CCOc1ccc(NC(=O)[C@](C)(CC)OC)c(C#N)c1. The highest BCUT2D eigenvalue weighted by atomic mass is 16.5. The molecule has 0 spiro atoms. The Bertz CT molecular complexity index is 516. The predicted molar refractivity (Wildman–Crippen MR) is 76.7 cm³/mol. The number of hydrogen-bond acceptors (Lipinski definition) is 4. The number of hydrogen-bond donors (Lipinski definition) is 1. The Kier molecular flexibility index (Phi) is 5.53. The fourth-order valence-electron chi connectivity index (χ4n) is 1.63. The van der Waals surface area contributed by atoms with Gasteiger partial charge in [0.1, 0.15) is 17.4 Å². The summed E-state index contributed by atoms with van der Waals surface area (Å²) in [5, 5.41) is 11.9. The van der Waals surface area contributed by atoms with Crippen molar-refractivity contribution < 1.29 is 14.3 Å². The molecule has 0 saturated heterocycles. The number of ether oxygens (including phenoxy) is 2. The first-order valence-electron chi connectivity index (χ1n) is 6.54. The second-order valence-electron chi connectivity index (χ2n) is 4.49.